The van der Waals surface area contributed by atoms with Gasteiger partial charge < -0.3 is 20.1 Å². The molecule has 0 aliphatic carbocycles. The zero-order valence-corrected chi connectivity index (χ0v) is 12.6. The van der Waals surface area contributed by atoms with Crippen molar-refractivity contribution in [1.82, 2.24) is 4.90 Å². The van der Waals surface area contributed by atoms with Crippen LogP contribution in [0.2, 0.25) is 0 Å². The Labute approximate surface area is 124 Å². The van der Waals surface area contributed by atoms with E-state index in [2.05, 4.69) is 20.7 Å². The van der Waals surface area contributed by atoms with E-state index in [0.29, 0.717) is 24.4 Å². The molecule has 20 heavy (non-hydrogen) atoms. The van der Waals surface area contributed by atoms with E-state index in [-0.39, 0.29) is 12.5 Å². The minimum absolute atomic E-state index is 0.178. The van der Waals surface area contributed by atoms with E-state index in [4.69, 9.17) is 10.5 Å². The van der Waals surface area contributed by atoms with E-state index >= 15 is 0 Å². The van der Waals surface area contributed by atoms with Crippen molar-refractivity contribution in [3.05, 3.63) is 28.2 Å². The number of hydrogen-bond acceptors (Lipinski definition) is 5. The highest BCUT2D eigenvalue weighted by atomic mass is 79.9. The Balaban J connectivity index is 2.14. The molecule has 1 atom stereocenters. The zero-order valence-electron chi connectivity index (χ0n) is 11.0. The minimum Gasteiger partial charge on any atom is -0.467 e. The standard InChI is InChI=1S/C13H15BrN2O4/c1-19-13(18)11-7-16(2-3-20-11)12(17)8-4-9(14)6-10(15)5-8/h4-6,11H,2-3,7,15H2,1H3. The second-order valence-electron chi connectivity index (χ2n) is 4.41. The van der Waals surface area contributed by atoms with Gasteiger partial charge in [-0.05, 0) is 18.2 Å². The molecule has 0 radical (unpaired) electrons. The Hall–Kier alpha value is -1.60. The van der Waals surface area contributed by atoms with Gasteiger partial charge in [-0.2, -0.15) is 0 Å². The highest BCUT2D eigenvalue weighted by Gasteiger charge is 2.30. The van der Waals surface area contributed by atoms with Gasteiger partial charge in [-0.1, -0.05) is 15.9 Å². The number of esters is 1. The van der Waals surface area contributed by atoms with Crippen molar-refractivity contribution in [2.45, 2.75) is 6.10 Å². The molecule has 108 valence electrons. The number of halogens is 1. The predicted molar refractivity (Wildman–Crippen MR) is 76.2 cm³/mol. The summed E-state index contributed by atoms with van der Waals surface area (Å²) in [6.45, 7) is 0.908. The van der Waals surface area contributed by atoms with E-state index in [0.717, 1.165) is 4.47 Å². The lowest BCUT2D eigenvalue weighted by Gasteiger charge is -2.31. The van der Waals surface area contributed by atoms with Crippen molar-refractivity contribution >= 4 is 33.5 Å². The van der Waals surface area contributed by atoms with Gasteiger partial charge >= 0.3 is 5.97 Å². The van der Waals surface area contributed by atoms with Crippen molar-refractivity contribution in [2.24, 2.45) is 0 Å². The number of carbonyl (C=O) groups is 2. The highest BCUT2D eigenvalue weighted by Crippen LogP contribution is 2.19. The molecule has 1 fully saturated rings. The summed E-state index contributed by atoms with van der Waals surface area (Å²) in [5.41, 5.74) is 6.70. The van der Waals surface area contributed by atoms with E-state index in [9.17, 15) is 9.59 Å². The summed E-state index contributed by atoms with van der Waals surface area (Å²) in [4.78, 5) is 25.4. The molecule has 1 saturated heterocycles. The monoisotopic (exact) mass is 342 g/mol. The van der Waals surface area contributed by atoms with E-state index in [1.54, 1.807) is 23.1 Å². The molecule has 0 aromatic heterocycles. The van der Waals surface area contributed by atoms with E-state index in [1.807, 2.05) is 0 Å². The minimum atomic E-state index is -0.734. The Bertz CT molecular complexity index is 515. The van der Waals surface area contributed by atoms with Gasteiger partial charge in [0.15, 0.2) is 6.10 Å². The molecule has 1 unspecified atom stereocenters. The number of amides is 1. The summed E-state index contributed by atoms with van der Waals surface area (Å²) >= 11 is 3.30. The first-order valence-corrected chi connectivity index (χ1v) is 6.85. The normalized spacial score (nSPS) is 18.7. The number of ether oxygens (including phenoxy) is 2. The quantitative estimate of drug-likeness (QED) is 0.641. The number of anilines is 1. The van der Waals surface area contributed by atoms with Gasteiger partial charge in [0.1, 0.15) is 0 Å². The van der Waals surface area contributed by atoms with Crippen LogP contribution in [0, 0.1) is 0 Å². The molecule has 2 rings (SSSR count). The lowest BCUT2D eigenvalue weighted by molar-refractivity contribution is -0.158. The summed E-state index contributed by atoms with van der Waals surface area (Å²) < 4.78 is 10.7. The summed E-state index contributed by atoms with van der Waals surface area (Å²) in [5.74, 6) is -0.661. The van der Waals surface area contributed by atoms with Crippen molar-refractivity contribution < 1.29 is 19.1 Å². The van der Waals surface area contributed by atoms with E-state index < -0.39 is 12.1 Å². The van der Waals surface area contributed by atoms with Crippen molar-refractivity contribution in [3.63, 3.8) is 0 Å². The first-order valence-electron chi connectivity index (χ1n) is 6.06. The molecule has 1 aliphatic rings. The Morgan fingerprint density at radius 3 is 2.85 bits per heavy atom. The van der Waals surface area contributed by atoms with Crippen LogP contribution in [0.3, 0.4) is 0 Å². The fraction of sp³-hybridized carbons (Fsp3) is 0.385. The Morgan fingerprint density at radius 1 is 1.45 bits per heavy atom. The number of nitrogen functional groups attached to an aromatic ring is 1. The fourth-order valence-electron chi connectivity index (χ4n) is 2.03. The summed E-state index contributed by atoms with van der Waals surface area (Å²) in [6.07, 6.45) is -0.734. The van der Waals surface area contributed by atoms with Gasteiger partial charge in [0.25, 0.3) is 5.91 Å². The predicted octanol–water partition coefficient (Wildman–Crippen LogP) is 1.05. The molecule has 1 heterocycles. The third kappa shape index (κ3) is 3.29. The molecule has 1 aromatic rings. The number of rotatable bonds is 2. The van der Waals surface area contributed by atoms with E-state index in [1.165, 1.54) is 7.11 Å². The smallest absolute Gasteiger partial charge is 0.336 e. The van der Waals surface area contributed by atoms with Crippen LogP contribution in [0.15, 0.2) is 22.7 Å². The molecule has 1 amide bonds. The first kappa shape index (κ1) is 14.8. The van der Waals surface area contributed by atoms with Gasteiger partial charge in [0.2, 0.25) is 0 Å². The molecular formula is C13H15BrN2O4. The molecule has 0 saturated carbocycles. The summed E-state index contributed by atoms with van der Waals surface area (Å²) in [6, 6.07) is 5.02. The topological polar surface area (TPSA) is 81.9 Å². The van der Waals surface area contributed by atoms with Crippen molar-refractivity contribution in [3.8, 4) is 0 Å². The van der Waals surface area contributed by atoms with Crippen LogP contribution in [-0.4, -0.2) is 49.7 Å². The molecule has 7 heteroatoms. The average molecular weight is 343 g/mol. The van der Waals surface area contributed by atoms with Gasteiger partial charge in [0, 0.05) is 22.3 Å². The van der Waals surface area contributed by atoms with Crippen molar-refractivity contribution in [1.29, 1.82) is 0 Å². The number of carbonyl (C=O) groups excluding carboxylic acids is 2. The maximum absolute atomic E-state index is 12.4. The number of morpholine rings is 1. The second kappa shape index (κ2) is 6.23. The number of benzene rings is 1. The lowest BCUT2D eigenvalue weighted by atomic mass is 10.1. The Kier molecular flexibility index (Phi) is 4.61. The van der Waals surface area contributed by atoms with Crippen LogP contribution in [0.1, 0.15) is 10.4 Å². The van der Waals surface area contributed by atoms with Gasteiger partial charge in [-0.15, -0.1) is 0 Å². The molecule has 0 bridgehead atoms. The average Bonchev–Trinajstić information content (AvgIpc) is 2.44. The Morgan fingerprint density at radius 2 is 2.20 bits per heavy atom. The van der Waals surface area contributed by atoms with Crippen LogP contribution in [0.5, 0.6) is 0 Å². The molecule has 0 spiro atoms. The zero-order chi connectivity index (χ0) is 14.7. The van der Waals surface area contributed by atoms with Crippen LogP contribution in [0.4, 0.5) is 5.69 Å². The highest BCUT2D eigenvalue weighted by molar-refractivity contribution is 9.10. The summed E-state index contributed by atoms with van der Waals surface area (Å²) in [7, 11) is 1.29. The number of hydrogen-bond donors (Lipinski definition) is 1. The van der Waals surface area contributed by atoms with Crippen molar-refractivity contribution in [2.75, 3.05) is 32.5 Å². The SMILES string of the molecule is COC(=O)C1CN(C(=O)c2cc(N)cc(Br)c2)CCO1. The maximum atomic E-state index is 12.4. The second-order valence-corrected chi connectivity index (χ2v) is 5.32. The van der Waals surface area contributed by atoms with Gasteiger partial charge in [-0.25, -0.2) is 4.79 Å². The lowest BCUT2D eigenvalue weighted by Crippen LogP contribution is -2.48. The van der Waals surface area contributed by atoms with Gasteiger partial charge in [-0.3, -0.25) is 4.79 Å². The molecule has 1 aromatic carbocycles. The van der Waals surface area contributed by atoms with Crippen LogP contribution in [0.25, 0.3) is 0 Å². The third-order valence-electron chi connectivity index (χ3n) is 2.98. The largest absolute Gasteiger partial charge is 0.467 e. The first-order chi connectivity index (χ1) is 9.51. The maximum Gasteiger partial charge on any atom is 0.336 e. The number of nitrogens with two attached hydrogens (primary N) is 1. The molecular weight excluding hydrogens is 328 g/mol. The summed E-state index contributed by atoms with van der Waals surface area (Å²) in [5, 5.41) is 0. The molecule has 1 aliphatic heterocycles. The number of nitrogens with zero attached hydrogens (tertiary/aromatic N) is 1. The van der Waals surface area contributed by atoms with Crippen LogP contribution >= 0.6 is 15.9 Å². The molecule has 6 nitrogen and oxygen atoms in total. The van der Waals surface area contributed by atoms with Crippen LogP contribution in [-0.2, 0) is 14.3 Å². The van der Waals surface area contributed by atoms with Crippen LogP contribution < -0.4 is 5.73 Å². The number of methoxy groups -OCH3 is 1. The van der Waals surface area contributed by atoms with Gasteiger partial charge in [0.05, 0.1) is 20.3 Å². The fourth-order valence-corrected chi connectivity index (χ4v) is 2.54. The third-order valence-corrected chi connectivity index (χ3v) is 3.44. The molecule has 2 N–H and O–H groups in total.